The fraction of sp³-hybridized carbons (Fsp3) is 0.364. The number of benzene rings is 2. The molecule has 1 aromatic heterocycles. The highest BCUT2D eigenvalue weighted by Gasteiger charge is 2.36. The Labute approximate surface area is 211 Å². The van der Waals surface area contributed by atoms with Gasteiger partial charge in [0.25, 0.3) is 5.56 Å². The summed E-state index contributed by atoms with van der Waals surface area (Å²) in [7, 11) is -1.38. The molecule has 1 atom stereocenters. The fourth-order valence-corrected chi connectivity index (χ4v) is 5.28. The van der Waals surface area contributed by atoms with E-state index in [0.717, 1.165) is 17.1 Å². The van der Waals surface area contributed by atoms with Gasteiger partial charge in [0.15, 0.2) is 0 Å². The molecule has 13 heteroatoms. The van der Waals surface area contributed by atoms with Gasteiger partial charge in [0.1, 0.15) is 6.33 Å². The number of anilines is 1. The maximum Gasteiger partial charge on any atom is 0.416 e. The normalized spacial score (nSPS) is 15.9. The summed E-state index contributed by atoms with van der Waals surface area (Å²) in [4.78, 5) is 19.7. The van der Waals surface area contributed by atoms with Crippen LogP contribution in [-0.2, 0) is 23.5 Å². The van der Waals surface area contributed by atoms with Gasteiger partial charge in [-0.05, 0) is 29.8 Å². The molecule has 0 amide bonds. The topological polar surface area (TPSA) is 79.3 Å². The highest BCUT2D eigenvalue weighted by Crippen LogP contribution is 2.38. The SMILES string of the molecule is CCS(=O)c1ccc(Cl)cc1Nn1cnc2c(Cl)c(CN3CCNCC3)c(C(F)(F)F)cc2c1=O. The molecule has 4 rings (SSSR count). The molecule has 0 spiro atoms. The van der Waals surface area contributed by atoms with Crippen molar-refractivity contribution >= 4 is 50.6 Å². The monoisotopic (exact) mass is 547 g/mol. The Hall–Kier alpha value is -2.18. The third-order valence-corrected chi connectivity index (χ3v) is 7.69. The van der Waals surface area contributed by atoms with Crippen molar-refractivity contribution in [2.24, 2.45) is 0 Å². The van der Waals surface area contributed by atoms with Crippen LogP contribution in [0.15, 0.2) is 40.3 Å². The van der Waals surface area contributed by atoms with Gasteiger partial charge < -0.3 is 5.32 Å². The summed E-state index contributed by atoms with van der Waals surface area (Å²) in [5.41, 5.74) is 1.16. The molecule has 1 unspecified atom stereocenters. The second-order valence-corrected chi connectivity index (χ2v) is 10.5. The van der Waals surface area contributed by atoms with E-state index in [1.54, 1.807) is 19.1 Å². The number of hydrogen-bond acceptors (Lipinski definition) is 6. The lowest BCUT2D eigenvalue weighted by molar-refractivity contribution is -0.138. The number of hydrogen-bond donors (Lipinski definition) is 2. The summed E-state index contributed by atoms with van der Waals surface area (Å²) in [5, 5.41) is 2.99. The number of fused-ring (bicyclic) bond motifs is 1. The lowest BCUT2D eigenvalue weighted by Crippen LogP contribution is -2.43. The largest absolute Gasteiger partial charge is 0.416 e. The van der Waals surface area contributed by atoms with Crippen molar-refractivity contribution in [3.63, 3.8) is 0 Å². The van der Waals surface area contributed by atoms with Crippen LogP contribution in [0.25, 0.3) is 10.9 Å². The third-order valence-electron chi connectivity index (χ3n) is 5.68. The van der Waals surface area contributed by atoms with Crippen LogP contribution >= 0.6 is 23.2 Å². The van der Waals surface area contributed by atoms with Crippen LogP contribution < -0.4 is 16.3 Å². The van der Waals surface area contributed by atoms with Gasteiger partial charge in [-0.1, -0.05) is 30.1 Å². The van der Waals surface area contributed by atoms with Crippen LogP contribution in [0, 0.1) is 0 Å². The van der Waals surface area contributed by atoms with Crippen LogP contribution in [0.1, 0.15) is 18.1 Å². The summed E-state index contributed by atoms with van der Waals surface area (Å²) in [6.07, 6.45) is -3.59. The highest BCUT2D eigenvalue weighted by atomic mass is 35.5. The molecule has 1 saturated heterocycles. The number of halogens is 5. The standard InChI is InChI=1S/C22H22Cl2F3N5O2S/c1-2-35(34)18-4-3-13(23)9-17(18)30-32-12-29-20-14(21(32)33)10-16(22(25,26)27)15(19(20)24)11-31-7-5-28-6-8-31/h3-4,9-10,12,28,30H,2,5-8,11H2,1H3. The lowest BCUT2D eigenvalue weighted by atomic mass is 10.0. The molecule has 2 aromatic carbocycles. The van der Waals surface area contributed by atoms with Gasteiger partial charge in [0, 0.05) is 43.5 Å². The Kier molecular flexibility index (Phi) is 7.72. The zero-order valence-corrected chi connectivity index (χ0v) is 20.9. The minimum absolute atomic E-state index is 0.0109. The number of piperazine rings is 1. The maximum absolute atomic E-state index is 14.0. The second-order valence-electron chi connectivity index (χ2n) is 7.94. The molecule has 188 valence electrons. The molecule has 1 fully saturated rings. The smallest absolute Gasteiger partial charge is 0.314 e. The zero-order chi connectivity index (χ0) is 25.3. The first kappa shape index (κ1) is 25.9. The molecule has 0 aliphatic carbocycles. The van der Waals surface area contributed by atoms with Crippen LogP contribution in [-0.4, -0.2) is 50.7 Å². The molecular formula is C22H22Cl2F3N5O2S. The van der Waals surface area contributed by atoms with E-state index in [4.69, 9.17) is 23.2 Å². The summed E-state index contributed by atoms with van der Waals surface area (Å²) < 4.78 is 55.4. The fourth-order valence-electron chi connectivity index (χ4n) is 3.92. The Morgan fingerprint density at radius 3 is 2.57 bits per heavy atom. The number of aromatic nitrogens is 2. The zero-order valence-electron chi connectivity index (χ0n) is 18.6. The number of alkyl halides is 3. The summed E-state index contributed by atoms with van der Waals surface area (Å²) in [6.45, 7) is 4.20. The molecule has 2 N–H and O–H groups in total. The minimum Gasteiger partial charge on any atom is -0.314 e. The first-order valence-corrected chi connectivity index (χ1v) is 12.9. The van der Waals surface area contributed by atoms with E-state index >= 15 is 0 Å². The molecule has 35 heavy (non-hydrogen) atoms. The van der Waals surface area contributed by atoms with Gasteiger partial charge in [0.05, 0.1) is 42.9 Å². The molecule has 1 aliphatic heterocycles. The molecule has 0 saturated carbocycles. The van der Waals surface area contributed by atoms with E-state index in [1.807, 2.05) is 4.90 Å². The Bertz CT molecular complexity index is 1340. The van der Waals surface area contributed by atoms with E-state index in [1.165, 1.54) is 6.07 Å². The van der Waals surface area contributed by atoms with E-state index < -0.39 is 28.1 Å². The summed E-state index contributed by atoms with van der Waals surface area (Å²) in [5.74, 6) is 0.321. The molecule has 2 heterocycles. The maximum atomic E-state index is 14.0. The average molecular weight is 548 g/mol. The number of rotatable bonds is 6. The van der Waals surface area contributed by atoms with Crippen molar-refractivity contribution in [2.75, 3.05) is 37.4 Å². The van der Waals surface area contributed by atoms with Crippen molar-refractivity contribution in [3.05, 3.63) is 62.1 Å². The van der Waals surface area contributed by atoms with E-state index in [2.05, 4.69) is 15.7 Å². The molecule has 3 aromatic rings. The second kappa shape index (κ2) is 10.4. The van der Waals surface area contributed by atoms with Crippen molar-refractivity contribution in [3.8, 4) is 0 Å². The van der Waals surface area contributed by atoms with E-state index in [9.17, 15) is 22.2 Å². The predicted molar refractivity (Wildman–Crippen MR) is 132 cm³/mol. The van der Waals surface area contributed by atoms with E-state index in [0.29, 0.717) is 41.8 Å². The lowest BCUT2D eigenvalue weighted by Gasteiger charge is -2.29. The Morgan fingerprint density at radius 1 is 1.20 bits per heavy atom. The van der Waals surface area contributed by atoms with Crippen molar-refractivity contribution in [1.82, 2.24) is 19.9 Å². The number of nitrogens with zero attached hydrogens (tertiary/aromatic N) is 3. The molecule has 0 radical (unpaired) electrons. The van der Waals surface area contributed by atoms with Crippen LogP contribution in [0.3, 0.4) is 0 Å². The third kappa shape index (κ3) is 5.49. The van der Waals surface area contributed by atoms with E-state index in [-0.39, 0.29) is 33.7 Å². The molecular weight excluding hydrogens is 526 g/mol. The van der Waals surface area contributed by atoms with Gasteiger partial charge in [-0.2, -0.15) is 13.2 Å². The number of nitrogens with one attached hydrogen (secondary N) is 2. The minimum atomic E-state index is -4.72. The van der Waals surface area contributed by atoms with Gasteiger partial charge >= 0.3 is 6.18 Å². The summed E-state index contributed by atoms with van der Waals surface area (Å²) >= 11 is 12.5. The van der Waals surface area contributed by atoms with Gasteiger partial charge in [-0.3, -0.25) is 19.3 Å². The molecule has 0 bridgehead atoms. The predicted octanol–water partition coefficient (Wildman–Crippen LogP) is 4.13. The Balaban J connectivity index is 1.82. The van der Waals surface area contributed by atoms with Crippen LogP contribution in [0.5, 0.6) is 0 Å². The van der Waals surface area contributed by atoms with Gasteiger partial charge in [-0.25, -0.2) is 9.66 Å². The first-order chi connectivity index (χ1) is 16.6. The van der Waals surface area contributed by atoms with Crippen molar-refractivity contribution in [2.45, 2.75) is 24.5 Å². The van der Waals surface area contributed by atoms with Gasteiger partial charge in [-0.15, -0.1) is 0 Å². The van der Waals surface area contributed by atoms with Crippen LogP contribution in [0.2, 0.25) is 10.0 Å². The Morgan fingerprint density at radius 2 is 1.91 bits per heavy atom. The van der Waals surface area contributed by atoms with Crippen molar-refractivity contribution in [1.29, 1.82) is 0 Å². The molecule has 1 aliphatic rings. The van der Waals surface area contributed by atoms with Crippen molar-refractivity contribution < 1.29 is 17.4 Å². The van der Waals surface area contributed by atoms with Gasteiger partial charge in [0.2, 0.25) is 0 Å². The van der Waals surface area contributed by atoms with Crippen LogP contribution in [0.4, 0.5) is 18.9 Å². The first-order valence-electron chi connectivity index (χ1n) is 10.8. The average Bonchev–Trinajstić information content (AvgIpc) is 2.82. The quantitative estimate of drug-likeness (QED) is 0.483. The molecule has 7 nitrogen and oxygen atoms in total. The highest BCUT2D eigenvalue weighted by molar-refractivity contribution is 7.85. The summed E-state index contributed by atoms with van der Waals surface area (Å²) in [6, 6.07) is 5.40.